The van der Waals surface area contributed by atoms with Crippen LogP contribution in [-0.4, -0.2) is 34.7 Å². The molecule has 0 spiro atoms. The van der Waals surface area contributed by atoms with Crippen LogP contribution in [0.3, 0.4) is 0 Å². The maximum atomic E-state index is 8.26. The molecule has 3 aromatic rings. The number of aliphatic imine (C=N–C) groups is 1. The molecule has 4 N–H and O–H groups in total. The fraction of sp³-hybridized carbons (Fsp3) is 0.217. The predicted octanol–water partition coefficient (Wildman–Crippen LogP) is 4.56. The van der Waals surface area contributed by atoms with Crippen molar-refractivity contribution >= 4 is 52.1 Å². The Kier molecular flexibility index (Phi) is 6.27. The fourth-order valence-corrected chi connectivity index (χ4v) is 3.27. The van der Waals surface area contributed by atoms with E-state index < -0.39 is 0 Å². The first-order valence-electron chi connectivity index (χ1n) is 9.73. The molecule has 0 aliphatic heterocycles. The smallest absolute Gasteiger partial charge is 0.229 e. The molecule has 0 bridgehead atoms. The van der Waals surface area contributed by atoms with Crippen LogP contribution < -0.4 is 16.3 Å². The Bertz CT molecular complexity index is 1250. The van der Waals surface area contributed by atoms with Gasteiger partial charge in [-0.3, -0.25) is 20.4 Å². The van der Waals surface area contributed by atoms with Crippen LogP contribution in [-0.2, 0) is 0 Å². The Balaban J connectivity index is 2.11. The lowest BCUT2D eigenvalue weighted by Crippen LogP contribution is -2.26. The number of rotatable bonds is 5. The first-order valence-corrected chi connectivity index (χ1v) is 10.1. The maximum absolute atomic E-state index is 8.26. The van der Waals surface area contributed by atoms with Crippen molar-refractivity contribution in [3.8, 4) is 0 Å². The fourth-order valence-electron chi connectivity index (χ4n) is 3.10. The second-order valence-electron chi connectivity index (χ2n) is 8.08. The van der Waals surface area contributed by atoms with E-state index in [-0.39, 0.29) is 11.2 Å². The lowest BCUT2D eigenvalue weighted by atomic mass is 10.1. The van der Waals surface area contributed by atoms with E-state index in [1.807, 2.05) is 63.1 Å². The van der Waals surface area contributed by atoms with E-state index in [1.165, 1.54) is 4.57 Å². The number of halogens is 1. The summed E-state index contributed by atoms with van der Waals surface area (Å²) >= 11 is 6.17. The number of hydrogen-bond acceptors (Lipinski definition) is 6. The summed E-state index contributed by atoms with van der Waals surface area (Å²) in [6.07, 6.45) is 4.39. The number of aromatic nitrogens is 2. The van der Waals surface area contributed by atoms with Crippen molar-refractivity contribution in [3.63, 3.8) is 0 Å². The Morgan fingerprint density at radius 1 is 1.23 bits per heavy atom. The van der Waals surface area contributed by atoms with E-state index >= 15 is 0 Å². The number of hydrogen-bond donors (Lipinski definition) is 3. The Hall–Kier alpha value is -3.45. The second-order valence-corrected chi connectivity index (χ2v) is 8.52. The van der Waals surface area contributed by atoms with Gasteiger partial charge in [0.05, 0.1) is 17.4 Å². The van der Waals surface area contributed by atoms with Crippen molar-refractivity contribution < 1.29 is 0 Å². The van der Waals surface area contributed by atoms with Crippen molar-refractivity contribution in [2.45, 2.75) is 26.3 Å². The van der Waals surface area contributed by atoms with Crippen molar-refractivity contribution in [1.82, 2.24) is 9.55 Å². The van der Waals surface area contributed by atoms with Crippen LogP contribution >= 0.6 is 11.6 Å². The van der Waals surface area contributed by atoms with Gasteiger partial charge in [-0.2, -0.15) is 4.98 Å². The third-order valence-electron chi connectivity index (χ3n) is 4.68. The molecule has 2 aromatic carbocycles. The van der Waals surface area contributed by atoms with Gasteiger partial charge < -0.3 is 10.6 Å². The van der Waals surface area contributed by atoms with Gasteiger partial charge in [0.2, 0.25) is 5.62 Å². The molecule has 1 heterocycles. The summed E-state index contributed by atoms with van der Waals surface area (Å²) in [6, 6.07) is 13.2. The molecule has 0 radical (unpaired) electrons. The maximum Gasteiger partial charge on any atom is 0.229 e. The third-order valence-corrected chi connectivity index (χ3v) is 4.92. The van der Waals surface area contributed by atoms with Crippen LogP contribution in [0.5, 0.6) is 0 Å². The average molecular weight is 436 g/mol. The van der Waals surface area contributed by atoms with Crippen molar-refractivity contribution in [3.05, 3.63) is 64.9 Å². The van der Waals surface area contributed by atoms with Crippen LogP contribution in [0.1, 0.15) is 26.3 Å². The van der Waals surface area contributed by atoms with Crippen molar-refractivity contribution in [2.24, 2.45) is 10.7 Å². The van der Waals surface area contributed by atoms with Gasteiger partial charge in [-0.05, 0) is 56.7 Å². The second kappa shape index (κ2) is 8.73. The van der Waals surface area contributed by atoms with E-state index in [9.17, 15) is 0 Å². The molecule has 0 saturated carbocycles. The lowest BCUT2D eigenvalue weighted by Gasteiger charge is -2.22. The first kappa shape index (κ1) is 22.2. The molecule has 0 amide bonds. The number of fused-ring (bicyclic) bond motifs is 1. The average Bonchev–Trinajstić information content (AvgIpc) is 2.72. The Morgan fingerprint density at radius 2 is 1.97 bits per heavy atom. The van der Waals surface area contributed by atoms with Crippen LogP contribution in [0.25, 0.3) is 16.5 Å². The van der Waals surface area contributed by atoms with Gasteiger partial charge in [0.1, 0.15) is 5.82 Å². The molecule has 0 atom stereocenters. The Morgan fingerprint density at radius 3 is 2.61 bits per heavy atom. The molecular weight excluding hydrogens is 410 g/mol. The molecule has 1 aromatic heterocycles. The molecule has 0 fully saturated rings. The topological polar surface area (TPSA) is 107 Å². The quantitative estimate of drug-likeness (QED) is 0.403. The third kappa shape index (κ3) is 4.83. The molecule has 7 nitrogen and oxygen atoms in total. The number of benzene rings is 2. The largest absolute Gasteiger partial charge is 0.404 e. The van der Waals surface area contributed by atoms with Crippen molar-refractivity contribution in [2.75, 3.05) is 11.9 Å². The van der Waals surface area contributed by atoms with Crippen LogP contribution in [0.15, 0.2) is 53.7 Å². The highest BCUT2D eigenvalue weighted by atomic mass is 35.5. The van der Waals surface area contributed by atoms with Gasteiger partial charge in [0, 0.05) is 41.1 Å². The number of anilines is 2. The normalized spacial score (nSPS) is 12.5. The lowest BCUT2D eigenvalue weighted by molar-refractivity contribution is 0.587. The van der Waals surface area contributed by atoms with E-state index in [1.54, 1.807) is 24.5 Å². The number of nitrogens with one attached hydrogen (secondary N) is 2. The molecule has 8 heteroatoms. The minimum Gasteiger partial charge on any atom is -0.404 e. The molecule has 31 heavy (non-hydrogen) atoms. The van der Waals surface area contributed by atoms with Gasteiger partial charge in [0.25, 0.3) is 0 Å². The summed E-state index contributed by atoms with van der Waals surface area (Å²) in [4.78, 5) is 10.9. The Labute approximate surface area is 186 Å². The summed E-state index contributed by atoms with van der Waals surface area (Å²) in [5.74, 6) is 0.591. The minimum atomic E-state index is -0.203. The van der Waals surface area contributed by atoms with E-state index in [0.29, 0.717) is 16.4 Å². The van der Waals surface area contributed by atoms with Crippen LogP contribution in [0, 0.1) is 10.8 Å². The molecule has 0 saturated heterocycles. The predicted molar refractivity (Wildman–Crippen MR) is 130 cm³/mol. The summed E-state index contributed by atoms with van der Waals surface area (Å²) in [5.41, 5.74) is 8.86. The van der Waals surface area contributed by atoms with Gasteiger partial charge in [0.15, 0.2) is 0 Å². The molecule has 160 valence electrons. The summed E-state index contributed by atoms with van der Waals surface area (Å²) < 4.78 is 1.38. The van der Waals surface area contributed by atoms with Crippen molar-refractivity contribution in [1.29, 1.82) is 10.8 Å². The zero-order valence-electron chi connectivity index (χ0n) is 18.0. The zero-order valence-corrected chi connectivity index (χ0v) is 18.8. The van der Waals surface area contributed by atoms with E-state index in [2.05, 4.69) is 9.98 Å². The van der Waals surface area contributed by atoms with Gasteiger partial charge in [-0.15, -0.1) is 0 Å². The highest BCUT2D eigenvalue weighted by Gasteiger charge is 2.15. The number of nitrogens with zero attached hydrogens (tertiary/aromatic N) is 4. The van der Waals surface area contributed by atoms with Gasteiger partial charge in [-0.1, -0.05) is 23.7 Å². The van der Waals surface area contributed by atoms with Gasteiger partial charge in [-0.25, -0.2) is 0 Å². The minimum absolute atomic E-state index is 0.0531. The molecule has 0 unspecified atom stereocenters. The molecule has 0 aliphatic carbocycles. The highest BCUT2D eigenvalue weighted by Crippen LogP contribution is 2.30. The summed E-state index contributed by atoms with van der Waals surface area (Å²) in [6.45, 7) is 6.08. The molecule has 0 aliphatic rings. The van der Waals surface area contributed by atoms with E-state index in [0.717, 1.165) is 28.5 Å². The summed E-state index contributed by atoms with van der Waals surface area (Å²) in [5, 5.41) is 17.2. The van der Waals surface area contributed by atoms with Gasteiger partial charge >= 0.3 is 0 Å². The monoisotopic (exact) mass is 435 g/mol. The summed E-state index contributed by atoms with van der Waals surface area (Å²) in [7, 11) is 1.89. The SMILES string of the molecule is CN(c1cccc(/C(C=NC(C)(C)C)=C/N)c1)c1nc(=N)n(C=N)c2cc(Cl)ccc12. The standard InChI is InChI=1S/C23H26ClN7/c1-23(2,3)28-13-16(12-25)15-6-5-7-18(10-15)30(4)21-19-9-8-17(24)11-20(19)31(14-26)22(27)29-21/h5-14,26-27H,25H2,1-4H3/b16-12+,26-14?,27-22?,28-13?. The van der Waals surface area contributed by atoms with E-state index in [4.69, 9.17) is 28.2 Å². The highest BCUT2D eigenvalue weighted by molar-refractivity contribution is 6.31. The number of nitrogens with two attached hydrogens (primary N) is 1. The van der Waals surface area contributed by atoms with Crippen LogP contribution in [0.2, 0.25) is 5.02 Å². The first-order chi connectivity index (χ1) is 14.6. The zero-order chi connectivity index (χ0) is 22.8. The molecular formula is C23H26ClN7. The number of allylic oxidation sites excluding steroid dienone is 1. The van der Waals surface area contributed by atoms with Crippen LogP contribution in [0.4, 0.5) is 11.5 Å². The molecule has 3 rings (SSSR count).